The highest BCUT2D eigenvalue weighted by atomic mass is 32.1. The summed E-state index contributed by atoms with van der Waals surface area (Å²) in [5.41, 5.74) is 1.01. The molecule has 1 aromatic heterocycles. The Morgan fingerprint density at radius 3 is 2.53 bits per heavy atom. The van der Waals surface area contributed by atoms with Crippen molar-refractivity contribution < 1.29 is 9.84 Å². The zero-order valence-electron chi connectivity index (χ0n) is 9.74. The molecule has 1 N–H and O–H groups in total. The highest BCUT2D eigenvalue weighted by Crippen LogP contribution is 2.24. The van der Waals surface area contributed by atoms with Crippen molar-refractivity contribution in [3.8, 4) is 0 Å². The number of benzene rings is 1. The Hall–Kier alpha value is -1.16. The molecule has 0 aliphatic heterocycles. The second-order valence-corrected chi connectivity index (χ2v) is 4.95. The van der Waals surface area contributed by atoms with Gasteiger partial charge in [0.1, 0.15) is 6.10 Å². The lowest BCUT2D eigenvalue weighted by molar-refractivity contribution is -0.0124. The molecule has 2 unspecified atom stereocenters. The van der Waals surface area contributed by atoms with Gasteiger partial charge < -0.3 is 9.84 Å². The first kappa shape index (κ1) is 12.3. The molecule has 0 aliphatic rings. The van der Waals surface area contributed by atoms with Crippen molar-refractivity contribution in [3.63, 3.8) is 0 Å². The molecule has 2 nitrogen and oxygen atoms in total. The minimum absolute atomic E-state index is 0.265. The first-order valence-electron chi connectivity index (χ1n) is 5.59. The van der Waals surface area contributed by atoms with E-state index in [0.29, 0.717) is 6.42 Å². The Labute approximate surface area is 105 Å². The number of methoxy groups -OCH3 is 1. The van der Waals surface area contributed by atoms with E-state index in [1.54, 1.807) is 18.4 Å². The van der Waals surface area contributed by atoms with Crippen LogP contribution in [-0.2, 0) is 11.2 Å². The molecule has 3 heteroatoms. The van der Waals surface area contributed by atoms with Crippen LogP contribution in [0, 0.1) is 0 Å². The van der Waals surface area contributed by atoms with E-state index in [1.165, 1.54) is 4.88 Å². The quantitative estimate of drug-likeness (QED) is 0.881. The van der Waals surface area contributed by atoms with Crippen molar-refractivity contribution >= 4 is 11.3 Å². The standard InChI is InChI=1S/C14H16O2S/c1-16-14(11-6-3-2-4-7-11)13(15)10-12-8-5-9-17-12/h2-9,13-15H,10H2,1H3. The van der Waals surface area contributed by atoms with Gasteiger partial charge in [0.15, 0.2) is 0 Å². The third-order valence-corrected chi connectivity index (χ3v) is 3.62. The molecule has 0 spiro atoms. The lowest BCUT2D eigenvalue weighted by Crippen LogP contribution is -2.22. The molecular formula is C14H16O2S. The molecule has 0 aliphatic carbocycles. The molecule has 2 rings (SSSR count). The van der Waals surface area contributed by atoms with Gasteiger partial charge in [-0.15, -0.1) is 11.3 Å². The van der Waals surface area contributed by atoms with Crippen LogP contribution in [-0.4, -0.2) is 18.3 Å². The van der Waals surface area contributed by atoms with Crippen molar-refractivity contribution in [1.82, 2.24) is 0 Å². The van der Waals surface area contributed by atoms with Gasteiger partial charge >= 0.3 is 0 Å². The van der Waals surface area contributed by atoms with Gasteiger partial charge in [0.05, 0.1) is 6.10 Å². The second-order valence-electron chi connectivity index (χ2n) is 3.92. The Balaban J connectivity index is 2.08. The first-order valence-corrected chi connectivity index (χ1v) is 6.47. The molecule has 90 valence electrons. The van der Waals surface area contributed by atoms with Crippen LogP contribution in [0.1, 0.15) is 16.5 Å². The van der Waals surface area contributed by atoms with Crippen LogP contribution in [0.15, 0.2) is 47.8 Å². The molecule has 0 saturated heterocycles. The summed E-state index contributed by atoms with van der Waals surface area (Å²) in [6.45, 7) is 0. The topological polar surface area (TPSA) is 29.5 Å². The fourth-order valence-electron chi connectivity index (χ4n) is 1.90. The fraction of sp³-hybridized carbons (Fsp3) is 0.286. The molecule has 0 amide bonds. The summed E-state index contributed by atoms with van der Waals surface area (Å²) in [7, 11) is 1.63. The molecule has 0 fully saturated rings. The molecule has 1 aromatic carbocycles. The van der Waals surface area contributed by atoms with Crippen LogP contribution in [0.25, 0.3) is 0 Å². The molecule has 2 aromatic rings. The van der Waals surface area contributed by atoms with Gasteiger partial charge in [0.2, 0.25) is 0 Å². The summed E-state index contributed by atoms with van der Waals surface area (Å²) in [5.74, 6) is 0. The van der Waals surface area contributed by atoms with E-state index in [9.17, 15) is 5.11 Å². The lowest BCUT2D eigenvalue weighted by atomic mass is 10.0. The van der Waals surface area contributed by atoms with Gasteiger partial charge in [-0.25, -0.2) is 0 Å². The van der Waals surface area contributed by atoms with Gasteiger partial charge in [-0.05, 0) is 17.0 Å². The molecule has 0 saturated carbocycles. The van der Waals surface area contributed by atoms with Gasteiger partial charge in [-0.2, -0.15) is 0 Å². The van der Waals surface area contributed by atoms with Crippen LogP contribution in [0.5, 0.6) is 0 Å². The van der Waals surface area contributed by atoms with Gasteiger partial charge in [-0.3, -0.25) is 0 Å². The molecule has 1 heterocycles. The van der Waals surface area contributed by atoms with E-state index in [4.69, 9.17) is 4.74 Å². The molecule has 0 bridgehead atoms. The first-order chi connectivity index (χ1) is 8.31. The van der Waals surface area contributed by atoms with Crippen LogP contribution < -0.4 is 0 Å². The highest BCUT2D eigenvalue weighted by molar-refractivity contribution is 7.09. The Bertz CT molecular complexity index is 425. The Morgan fingerprint density at radius 1 is 1.18 bits per heavy atom. The number of hydrogen-bond donors (Lipinski definition) is 1. The number of aliphatic hydroxyl groups excluding tert-OH is 1. The maximum atomic E-state index is 10.2. The van der Waals surface area contributed by atoms with Crippen LogP contribution in [0.4, 0.5) is 0 Å². The van der Waals surface area contributed by atoms with Crippen molar-refractivity contribution in [1.29, 1.82) is 0 Å². The summed E-state index contributed by atoms with van der Waals surface area (Å²) < 4.78 is 5.40. The van der Waals surface area contributed by atoms with E-state index in [-0.39, 0.29) is 6.10 Å². The highest BCUT2D eigenvalue weighted by Gasteiger charge is 2.21. The van der Waals surface area contributed by atoms with Crippen LogP contribution in [0.2, 0.25) is 0 Å². The molecular weight excluding hydrogens is 232 g/mol. The smallest absolute Gasteiger partial charge is 0.108 e. The largest absolute Gasteiger partial charge is 0.390 e. The Morgan fingerprint density at radius 2 is 1.94 bits per heavy atom. The summed E-state index contributed by atoms with van der Waals surface area (Å²) in [4.78, 5) is 1.18. The van der Waals surface area contributed by atoms with E-state index in [2.05, 4.69) is 0 Å². The van der Waals surface area contributed by atoms with E-state index >= 15 is 0 Å². The van der Waals surface area contributed by atoms with Crippen molar-refractivity contribution in [2.45, 2.75) is 18.6 Å². The number of thiophene rings is 1. The third kappa shape index (κ3) is 3.16. The number of rotatable bonds is 5. The average Bonchev–Trinajstić information content (AvgIpc) is 2.84. The fourth-order valence-corrected chi connectivity index (χ4v) is 2.66. The van der Waals surface area contributed by atoms with E-state index < -0.39 is 6.10 Å². The maximum absolute atomic E-state index is 10.2. The van der Waals surface area contributed by atoms with E-state index in [0.717, 1.165) is 5.56 Å². The molecule has 2 atom stereocenters. The molecule has 0 radical (unpaired) electrons. The van der Waals surface area contributed by atoms with E-state index in [1.807, 2.05) is 47.8 Å². The summed E-state index contributed by atoms with van der Waals surface area (Å²) >= 11 is 1.66. The maximum Gasteiger partial charge on any atom is 0.108 e. The average molecular weight is 248 g/mol. The summed E-state index contributed by atoms with van der Waals surface area (Å²) in [5, 5.41) is 12.2. The third-order valence-electron chi connectivity index (χ3n) is 2.72. The van der Waals surface area contributed by atoms with Crippen molar-refractivity contribution in [2.24, 2.45) is 0 Å². The number of hydrogen-bond acceptors (Lipinski definition) is 3. The van der Waals surface area contributed by atoms with Gasteiger partial charge in [0, 0.05) is 18.4 Å². The van der Waals surface area contributed by atoms with Gasteiger partial charge in [0.25, 0.3) is 0 Å². The van der Waals surface area contributed by atoms with Crippen LogP contribution in [0.3, 0.4) is 0 Å². The monoisotopic (exact) mass is 248 g/mol. The normalized spacial score (nSPS) is 14.5. The zero-order valence-corrected chi connectivity index (χ0v) is 10.6. The number of aliphatic hydroxyl groups is 1. The van der Waals surface area contributed by atoms with Crippen molar-refractivity contribution in [3.05, 3.63) is 58.3 Å². The zero-order chi connectivity index (χ0) is 12.1. The second kappa shape index (κ2) is 5.96. The number of ether oxygens (including phenoxy) is 1. The lowest BCUT2D eigenvalue weighted by Gasteiger charge is -2.21. The predicted octanol–water partition coefficient (Wildman–Crippen LogP) is 3.04. The minimum Gasteiger partial charge on any atom is -0.390 e. The van der Waals surface area contributed by atoms with Crippen LogP contribution >= 0.6 is 11.3 Å². The van der Waals surface area contributed by atoms with Crippen molar-refractivity contribution in [2.75, 3.05) is 7.11 Å². The summed E-state index contributed by atoms with van der Waals surface area (Å²) in [6, 6.07) is 13.9. The van der Waals surface area contributed by atoms with Gasteiger partial charge in [-0.1, -0.05) is 36.4 Å². The minimum atomic E-state index is -0.513. The predicted molar refractivity (Wildman–Crippen MR) is 70.2 cm³/mol. The summed E-state index contributed by atoms with van der Waals surface area (Å²) in [6.07, 6.45) is -0.148. The molecule has 17 heavy (non-hydrogen) atoms. The Kier molecular flexibility index (Phi) is 4.31. The SMILES string of the molecule is COC(c1ccccc1)C(O)Cc1cccs1.